The quantitative estimate of drug-likeness (QED) is 0.413. The maximum Gasteiger partial charge on any atom is 0.261 e. The van der Waals surface area contributed by atoms with Crippen molar-refractivity contribution >= 4 is 29.1 Å². The molecule has 0 saturated carbocycles. The summed E-state index contributed by atoms with van der Waals surface area (Å²) in [5, 5.41) is 8.17. The highest BCUT2D eigenvalue weighted by molar-refractivity contribution is 7.12. The molecule has 9 heteroatoms. The topological polar surface area (TPSA) is 86.3 Å². The molecule has 0 aromatic carbocycles. The van der Waals surface area contributed by atoms with Crippen molar-refractivity contribution in [2.24, 2.45) is 4.99 Å². The lowest BCUT2D eigenvalue weighted by Crippen LogP contribution is -2.55. The van der Waals surface area contributed by atoms with Gasteiger partial charge in [0.15, 0.2) is 5.96 Å². The molecule has 2 saturated heterocycles. The van der Waals surface area contributed by atoms with Gasteiger partial charge in [0, 0.05) is 52.9 Å². The van der Waals surface area contributed by atoms with Crippen LogP contribution in [-0.4, -0.2) is 86.6 Å². The second-order valence-corrected chi connectivity index (χ2v) is 7.82. The molecule has 1 unspecified atom stereocenters. The molecule has 0 spiro atoms. The molecule has 28 heavy (non-hydrogen) atoms. The standard InChI is InChI=1S/C19H29N5O3S/c1-20-19(22-8-4-7-21-17(25)16-6-3-14-28-16)24-11-9-23(10-12-24)18(26)15-5-2-13-27-15/h3,6,14-15H,2,4-5,7-13H2,1H3,(H,20,22)(H,21,25). The number of hydrogen-bond acceptors (Lipinski definition) is 5. The number of amides is 2. The summed E-state index contributed by atoms with van der Waals surface area (Å²) >= 11 is 1.44. The van der Waals surface area contributed by atoms with Crippen LogP contribution in [0.4, 0.5) is 0 Å². The Morgan fingerprint density at radius 3 is 2.61 bits per heavy atom. The number of hydrogen-bond donors (Lipinski definition) is 2. The molecule has 0 bridgehead atoms. The molecule has 3 rings (SSSR count). The summed E-state index contributed by atoms with van der Waals surface area (Å²) in [6, 6.07) is 3.70. The van der Waals surface area contributed by atoms with Gasteiger partial charge in [0.1, 0.15) is 6.10 Å². The molecule has 2 amide bonds. The van der Waals surface area contributed by atoms with Gasteiger partial charge in [-0.05, 0) is 30.7 Å². The van der Waals surface area contributed by atoms with Gasteiger partial charge < -0.3 is 25.2 Å². The zero-order valence-corrected chi connectivity index (χ0v) is 17.2. The number of guanidine groups is 1. The Morgan fingerprint density at radius 1 is 1.21 bits per heavy atom. The van der Waals surface area contributed by atoms with Crippen LogP contribution in [0, 0.1) is 0 Å². The normalized spacial score (nSPS) is 20.3. The third-order valence-corrected chi connectivity index (χ3v) is 5.84. The molecule has 2 aliphatic heterocycles. The Labute approximate surface area is 169 Å². The summed E-state index contributed by atoms with van der Waals surface area (Å²) in [5.41, 5.74) is 0. The van der Waals surface area contributed by atoms with E-state index >= 15 is 0 Å². The van der Waals surface area contributed by atoms with Gasteiger partial charge in [-0.25, -0.2) is 0 Å². The predicted octanol–water partition coefficient (Wildman–Crippen LogP) is 0.767. The van der Waals surface area contributed by atoms with Gasteiger partial charge in [-0.2, -0.15) is 0 Å². The Kier molecular flexibility index (Phi) is 7.67. The molecule has 0 aliphatic carbocycles. The summed E-state index contributed by atoms with van der Waals surface area (Å²) < 4.78 is 5.51. The molecule has 2 fully saturated rings. The maximum atomic E-state index is 12.4. The summed E-state index contributed by atoms with van der Waals surface area (Å²) in [7, 11) is 1.77. The Balaban J connectivity index is 1.33. The van der Waals surface area contributed by atoms with Crippen LogP contribution in [0.15, 0.2) is 22.5 Å². The highest BCUT2D eigenvalue weighted by Gasteiger charge is 2.30. The SMILES string of the molecule is CN=C(NCCCNC(=O)c1cccs1)N1CCN(C(=O)C2CCCO2)CC1. The smallest absolute Gasteiger partial charge is 0.261 e. The summed E-state index contributed by atoms with van der Waals surface area (Å²) in [6.45, 7) is 4.94. The molecule has 2 N–H and O–H groups in total. The minimum atomic E-state index is -0.242. The molecule has 8 nitrogen and oxygen atoms in total. The lowest BCUT2D eigenvalue weighted by Gasteiger charge is -2.37. The first-order valence-electron chi connectivity index (χ1n) is 9.86. The molecular formula is C19H29N5O3S. The predicted molar refractivity (Wildman–Crippen MR) is 110 cm³/mol. The number of nitrogens with one attached hydrogen (secondary N) is 2. The van der Waals surface area contributed by atoms with Gasteiger partial charge in [-0.1, -0.05) is 6.07 Å². The van der Waals surface area contributed by atoms with Crippen molar-refractivity contribution in [3.63, 3.8) is 0 Å². The van der Waals surface area contributed by atoms with Crippen LogP contribution in [0.25, 0.3) is 0 Å². The number of ether oxygens (including phenoxy) is 1. The van der Waals surface area contributed by atoms with Crippen LogP contribution in [0.1, 0.15) is 28.9 Å². The number of aliphatic imine (C=N–C) groups is 1. The van der Waals surface area contributed by atoms with Crippen LogP contribution in [0.3, 0.4) is 0 Å². The van der Waals surface area contributed by atoms with E-state index in [1.807, 2.05) is 22.4 Å². The molecule has 1 aromatic heterocycles. The summed E-state index contributed by atoms with van der Waals surface area (Å²) in [4.78, 5) is 33.5. The fourth-order valence-electron chi connectivity index (χ4n) is 3.43. The fourth-order valence-corrected chi connectivity index (χ4v) is 4.07. The largest absolute Gasteiger partial charge is 0.368 e. The van der Waals surface area contributed by atoms with Crippen LogP contribution in [0.2, 0.25) is 0 Å². The highest BCUT2D eigenvalue weighted by Crippen LogP contribution is 2.16. The van der Waals surface area contributed by atoms with Gasteiger partial charge >= 0.3 is 0 Å². The number of carbonyl (C=O) groups excluding carboxylic acids is 2. The summed E-state index contributed by atoms with van der Waals surface area (Å²) in [5.74, 6) is 0.946. The first-order chi connectivity index (χ1) is 13.7. The van der Waals surface area contributed by atoms with E-state index in [1.165, 1.54) is 11.3 Å². The third kappa shape index (κ3) is 5.45. The van der Waals surface area contributed by atoms with E-state index in [0.29, 0.717) is 26.2 Å². The van der Waals surface area contributed by atoms with Gasteiger partial charge in [-0.3, -0.25) is 14.6 Å². The summed E-state index contributed by atoms with van der Waals surface area (Å²) in [6.07, 6.45) is 2.38. The highest BCUT2D eigenvalue weighted by atomic mass is 32.1. The lowest BCUT2D eigenvalue weighted by molar-refractivity contribution is -0.142. The van der Waals surface area contributed by atoms with E-state index in [4.69, 9.17) is 4.74 Å². The molecular weight excluding hydrogens is 378 g/mol. The van der Waals surface area contributed by atoms with Crippen molar-refractivity contribution in [1.82, 2.24) is 20.4 Å². The Hall–Kier alpha value is -2.13. The first kappa shape index (κ1) is 20.6. The van der Waals surface area contributed by atoms with Crippen LogP contribution in [-0.2, 0) is 9.53 Å². The van der Waals surface area contributed by atoms with Crippen molar-refractivity contribution in [1.29, 1.82) is 0 Å². The molecule has 0 radical (unpaired) electrons. The average Bonchev–Trinajstić information content (AvgIpc) is 3.44. The number of nitrogens with zero attached hydrogens (tertiary/aromatic N) is 3. The fraction of sp³-hybridized carbons (Fsp3) is 0.632. The van der Waals surface area contributed by atoms with Crippen molar-refractivity contribution in [3.05, 3.63) is 22.4 Å². The van der Waals surface area contributed by atoms with Gasteiger partial charge in [-0.15, -0.1) is 11.3 Å². The molecule has 154 valence electrons. The number of piperazine rings is 1. The average molecular weight is 408 g/mol. The van der Waals surface area contributed by atoms with E-state index in [9.17, 15) is 9.59 Å². The first-order valence-corrected chi connectivity index (χ1v) is 10.7. The third-order valence-electron chi connectivity index (χ3n) is 4.97. The molecule has 1 atom stereocenters. The van der Waals surface area contributed by atoms with Gasteiger partial charge in [0.2, 0.25) is 0 Å². The second kappa shape index (κ2) is 10.4. The molecule has 3 heterocycles. The Morgan fingerprint density at radius 2 is 1.96 bits per heavy atom. The minimum absolute atomic E-state index is 0.0218. The van der Waals surface area contributed by atoms with Crippen molar-refractivity contribution < 1.29 is 14.3 Å². The van der Waals surface area contributed by atoms with Crippen molar-refractivity contribution in [3.8, 4) is 0 Å². The zero-order valence-electron chi connectivity index (χ0n) is 16.4. The van der Waals surface area contributed by atoms with E-state index in [2.05, 4.69) is 20.5 Å². The second-order valence-electron chi connectivity index (χ2n) is 6.87. The maximum absolute atomic E-state index is 12.4. The Bertz CT molecular complexity index is 665. The van der Waals surface area contributed by atoms with E-state index in [0.717, 1.165) is 49.7 Å². The lowest BCUT2D eigenvalue weighted by atomic mass is 10.2. The minimum Gasteiger partial charge on any atom is -0.368 e. The zero-order chi connectivity index (χ0) is 19.8. The van der Waals surface area contributed by atoms with Gasteiger partial charge in [0.25, 0.3) is 11.8 Å². The molecule has 2 aliphatic rings. The van der Waals surface area contributed by atoms with Crippen molar-refractivity contribution in [2.75, 3.05) is 52.9 Å². The van der Waals surface area contributed by atoms with Gasteiger partial charge in [0.05, 0.1) is 4.88 Å². The van der Waals surface area contributed by atoms with E-state index in [1.54, 1.807) is 7.05 Å². The number of thiophene rings is 1. The molecule has 1 aromatic rings. The van der Waals surface area contributed by atoms with Crippen LogP contribution in [0.5, 0.6) is 0 Å². The van der Waals surface area contributed by atoms with E-state index in [-0.39, 0.29) is 17.9 Å². The van der Waals surface area contributed by atoms with Crippen LogP contribution >= 0.6 is 11.3 Å². The number of rotatable bonds is 6. The van der Waals surface area contributed by atoms with Crippen molar-refractivity contribution in [2.45, 2.75) is 25.4 Å². The van der Waals surface area contributed by atoms with Crippen LogP contribution < -0.4 is 10.6 Å². The van der Waals surface area contributed by atoms with E-state index < -0.39 is 0 Å². The monoisotopic (exact) mass is 407 g/mol. The number of carbonyl (C=O) groups is 2.